The Hall–Kier alpha value is -2.15. The Labute approximate surface area is 153 Å². The molecule has 3 aromatic rings. The number of aromatic amines is 1. The van der Waals surface area contributed by atoms with E-state index in [9.17, 15) is 0 Å². The molecular formula is C16H12Cl2N4OS. The number of methoxy groups -OCH3 is 1. The van der Waals surface area contributed by atoms with Gasteiger partial charge in [-0.15, -0.1) is 0 Å². The zero-order valence-corrected chi connectivity index (χ0v) is 14.9. The zero-order valence-electron chi connectivity index (χ0n) is 12.5. The molecule has 0 saturated heterocycles. The summed E-state index contributed by atoms with van der Waals surface area (Å²) < 4.78 is 7.06. The standard InChI is InChI=1S/C16H12Cl2N4OS/c1-23-13-6-3-10(4-7-13)15-20-21-16(24)22(15)19-9-11-2-5-12(17)8-14(11)18/h2-9H,1H3,(H,21,24)/b19-9+. The average Bonchev–Trinajstić information content (AvgIpc) is 2.95. The molecule has 0 aliphatic heterocycles. The Balaban J connectivity index is 1.98. The smallest absolute Gasteiger partial charge is 0.216 e. The van der Waals surface area contributed by atoms with E-state index < -0.39 is 0 Å². The Bertz CT molecular complexity index is 947. The van der Waals surface area contributed by atoms with Crippen LogP contribution in [-0.2, 0) is 0 Å². The fourth-order valence-electron chi connectivity index (χ4n) is 2.05. The van der Waals surface area contributed by atoms with Crippen molar-refractivity contribution >= 4 is 41.6 Å². The van der Waals surface area contributed by atoms with Crippen LogP contribution in [0.15, 0.2) is 47.6 Å². The lowest BCUT2D eigenvalue weighted by Gasteiger charge is -2.03. The molecule has 3 rings (SSSR count). The minimum atomic E-state index is 0.377. The molecule has 1 N–H and O–H groups in total. The second-order valence-electron chi connectivity index (χ2n) is 4.80. The van der Waals surface area contributed by atoms with Crippen molar-refractivity contribution in [2.45, 2.75) is 0 Å². The van der Waals surface area contributed by atoms with E-state index >= 15 is 0 Å². The number of aromatic nitrogens is 3. The number of H-pyrrole nitrogens is 1. The van der Waals surface area contributed by atoms with Crippen molar-refractivity contribution in [2.75, 3.05) is 7.11 Å². The highest BCUT2D eigenvalue weighted by Gasteiger charge is 2.08. The summed E-state index contributed by atoms with van der Waals surface area (Å²) in [7, 11) is 1.62. The maximum Gasteiger partial charge on any atom is 0.216 e. The summed E-state index contributed by atoms with van der Waals surface area (Å²) in [6, 6.07) is 12.6. The molecule has 0 atom stereocenters. The predicted molar refractivity (Wildman–Crippen MR) is 98.9 cm³/mol. The summed E-state index contributed by atoms with van der Waals surface area (Å²) >= 11 is 17.3. The fourth-order valence-corrected chi connectivity index (χ4v) is 2.69. The van der Waals surface area contributed by atoms with Gasteiger partial charge in [0.05, 0.1) is 18.3 Å². The molecule has 1 aromatic heterocycles. The number of nitrogens with one attached hydrogen (secondary N) is 1. The van der Waals surface area contributed by atoms with Crippen molar-refractivity contribution in [3.63, 3.8) is 0 Å². The molecule has 5 nitrogen and oxygen atoms in total. The van der Waals surface area contributed by atoms with E-state index in [1.54, 1.807) is 31.5 Å². The van der Waals surface area contributed by atoms with Gasteiger partial charge in [0.2, 0.25) is 4.77 Å². The lowest BCUT2D eigenvalue weighted by Crippen LogP contribution is -1.95. The third-order valence-corrected chi connectivity index (χ3v) is 4.10. The van der Waals surface area contributed by atoms with Crippen molar-refractivity contribution in [1.29, 1.82) is 0 Å². The van der Waals surface area contributed by atoms with Gasteiger partial charge in [-0.25, -0.2) is 5.10 Å². The third-order valence-electron chi connectivity index (χ3n) is 3.27. The van der Waals surface area contributed by atoms with Crippen molar-refractivity contribution in [1.82, 2.24) is 14.9 Å². The summed E-state index contributed by atoms with van der Waals surface area (Å²) in [5.41, 5.74) is 1.58. The first-order valence-corrected chi connectivity index (χ1v) is 8.06. The number of halogens is 2. The molecule has 8 heteroatoms. The lowest BCUT2D eigenvalue weighted by atomic mass is 10.2. The summed E-state index contributed by atoms with van der Waals surface area (Å²) in [5, 5.41) is 12.4. The number of benzene rings is 2. The van der Waals surface area contributed by atoms with Crippen LogP contribution in [0, 0.1) is 4.77 Å². The van der Waals surface area contributed by atoms with E-state index in [1.165, 1.54) is 4.68 Å². The van der Waals surface area contributed by atoms with Crippen LogP contribution in [0.5, 0.6) is 5.75 Å². The molecule has 0 fully saturated rings. The Morgan fingerprint density at radius 1 is 1.21 bits per heavy atom. The van der Waals surface area contributed by atoms with Gasteiger partial charge < -0.3 is 4.74 Å². The first-order chi connectivity index (χ1) is 11.6. The second kappa shape index (κ2) is 7.17. The first-order valence-electron chi connectivity index (χ1n) is 6.90. The zero-order chi connectivity index (χ0) is 17.1. The van der Waals surface area contributed by atoms with E-state index in [0.29, 0.717) is 20.6 Å². The van der Waals surface area contributed by atoms with Gasteiger partial charge in [-0.3, -0.25) is 0 Å². The highest BCUT2D eigenvalue weighted by Crippen LogP contribution is 2.22. The molecule has 0 bridgehead atoms. The van der Waals surface area contributed by atoms with Crippen molar-refractivity contribution in [2.24, 2.45) is 5.10 Å². The molecule has 0 aliphatic carbocycles. The Kier molecular flexibility index (Phi) is 4.99. The summed E-state index contributed by atoms with van der Waals surface area (Å²) in [6.45, 7) is 0. The van der Waals surface area contributed by atoms with Crippen LogP contribution in [-0.4, -0.2) is 28.2 Å². The molecule has 0 amide bonds. The van der Waals surface area contributed by atoms with Crippen LogP contribution in [0.25, 0.3) is 11.4 Å². The van der Waals surface area contributed by atoms with Crippen molar-refractivity contribution < 1.29 is 4.74 Å². The van der Waals surface area contributed by atoms with Gasteiger partial charge in [0.25, 0.3) is 0 Å². The third kappa shape index (κ3) is 3.51. The highest BCUT2D eigenvalue weighted by atomic mass is 35.5. The number of hydrogen-bond donors (Lipinski definition) is 1. The van der Waals surface area contributed by atoms with Crippen LogP contribution in [0.1, 0.15) is 5.56 Å². The van der Waals surface area contributed by atoms with E-state index in [4.69, 9.17) is 40.2 Å². The second-order valence-corrected chi connectivity index (χ2v) is 6.03. The van der Waals surface area contributed by atoms with E-state index in [-0.39, 0.29) is 0 Å². The fraction of sp³-hybridized carbons (Fsp3) is 0.0625. The monoisotopic (exact) mass is 378 g/mol. The SMILES string of the molecule is COc1ccc(-c2n[nH]c(=S)n2/N=C/c2ccc(Cl)cc2Cl)cc1. The molecule has 1 heterocycles. The Morgan fingerprint density at radius 3 is 2.62 bits per heavy atom. The van der Waals surface area contributed by atoms with Crippen molar-refractivity contribution in [3.8, 4) is 17.1 Å². The summed E-state index contributed by atoms with van der Waals surface area (Å²) in [4.78, 5) is 0. The Morgan fingerprint density at radius 2 is 1.96 bits per heavy atom. The van der Waals surface area contributed by atoms with Crippen LogP contribution in [0.4, 0.5) is 0 Å². The normalized spacial score (nSPS) is 11.1. The molecule has 0 saturated carbocycles. The van der Waals surface area contributed by atoms with Gasteiger partial charge in [0.15, 0.2) is 5.82 Å². The molecule has 0 aliphatic rings. The van der Waals surface area contributed by atoms with E-state index in [1.807, 2.05) is 24.3 Å². The van der Waals surface area contributed by atoms with E-state index in [0.717, 1.165) is 16.9 Å². The topological polar surface area (TPSA) is 55.2 Å². The molecule has 122 valence electrons. The number of hydrogen-bond acceptors (Lipinski definition) is 4. The van der Waals surface area contributed by atoms with E-state index in [2.05, 4.69) is 15.3 Å². The van der Waals surface area contributed by atoms with Crippen LogP contribution < -0.4 is 4.74 Å². The molecular weight excluding hydrogens is 367 g/mol. The molecule has 2 aromatic carbocycles. The van der Waals surface area contributed by atoms with Crippen LogP contribution in [0.2, 0.25) is 10.0 Å². The largest absolute Gasteiger partial charge is 0.497 e. The maximum absolute atomic E-state index is 6.15. The number of ether oxygens (including phenoxy) is 1. The minimum Gasteiger partial charge on any atom is -0.497 e. The average molecular weight is 379 g/mol. The van der Waals surface area contributed by atoms with Gasteiger partial charge in [0, 0.05) is 16.1 Å². The summed E-state index contributed by atoms with van der Waals surface area (Å²) in [6.07, 6.45) is 1.61. The number of rotatable bonds is 4. The predicted octanol–water partition coefficient (Wildman–Crippen LogP) is 4.81. The van der Waals surface area contributed by atoms with Crippen LogP contribution in [0.3, 0.4) is 0 Å². The molecule has 0 unspecified atom stereocenters. The van der Waals surface area contributed by atoms with Gasteiger partial charge >= 0.3 is 0 Å². The lowest BCUT2D eigenvalue weighted by molar-refractivity contribution is 0.415. The van der Waals surface area contributed by atoms with Gasteiger partial charge in [-0.2, -0.15) is 14.9 Å². The van der Waals surface area contributed by atoms with Crippen LogP contribution >= 0.6 is 35.4 Å². The summed E-state index contributed by atoms with van der Waals surface area (Å²) in [5.74, 6) is 1.35. The number of nitrogens with zero attached hydrogens (tertiary/aromatic N) is 3. The van der Waals surface area contributed by atoms with Crippen molar-refractivity contribution in [3.05, 3.63) is 62.8 Å². The molecule has 0 radical (unpaired) electrons. The molecule has 24 heavy (non-hydrogen) atoms. The van der Waals surface area contributed by atoms with Gasteiger partial charge in [0.1, 0.15) is 5.75 Å². The highest BCUT2D eigenvalue weighted by molar-refractivity contribution is 7.71. The first kappa shape index (κ1) is 16.7. The minimum absolute atomic E-state index is 0.377. The van der Waals surface area contributed by atoms with Gasteiger partial charge in [-0.1, -0.05) is 29.3 Å². The molecule has 0 spiro atoms. The maximum atomic E-state index is 6.15. The van der Waals surface area contributed by atoms with Gasteiger partial charge in [-0.05, 0) is 48.6 Å². The quantitative estimate of drug-likeness (QED) is 0.523.